The molecule has 1 fully saturated rings. The molecule has 5 heteroatoms. The second-order valence-electron chi connectivity index (χ2n) is 5.00. The van der Waals surface area contributed by atoms with Crippen molar-refractivity contribution >= 4 is 17.5 Å². The van der Waals surface area contributed by atoms with Gasteiger partial charge in [0.15, 0.2) is 0 Å². The number of likely N-dealkylation sites (tertiary alicyclic amines) is 1. The van der Waals surface area contributed by atoms with Gasteiger partial charge in [-0.3, -0.25) is 14.7 Å². The van der Waals surface area contributed by atoms with Gasteiger partial charge < -0.3 is 5.32 Å². The molecule has 1 aromatic heterocycles. The van der Waals surface area contributed by atoms with E-state index in [9.17, 15) is 4.79 Å². The maximum atomic E-state index is 11.9. The number of amides is 1. The van der Waals surface area contributed by atoms with Crippen molar-refractivity contribution < 1.29 is 4.79 Å². The molecule has 0 spiro atoms. The van der Waals surface area contributed by atoms with Gasteiger partial charge in [0.25, 0.3) is 5.91 Å². The van der Waals surface area contributed by atoms with E-state index < -0.39 is 0 Å². The summed E-state index contributed by atoms with van der Waals surface area (Å²) in [7, 11) is 0. The topological polar surface area (TPSA) is 45.2 Å². The van der Waals surface area contributed by atoms with Crippen LogP contribution in [0.4, 0.5) is 0 Å². The van der Waals surface area contributed by atoms with E-state index in [1.165, 1.54) is 19.3 Å². The zero-order valence-corrected chi connectivity index (χ0v) is 12.0. The quantitative estimate of drug-likeness (QED) is 0.921. The van der Waals surface area contributed by atoms with Gasteiger partial charge in [-0.1, -0.05) is 18.0 Å². The SMILES string of the molecule is CC1CCCCN1CCNC(=O)c1cc(Cl)ccn1. The average molecular weight is 282 g/mol. The molecule has 1 aliphatic heterocycles. The van der Waals surface area contributed by atoms with E-state index in [0.717, 1.165) is 13.1 Å². The van der Waals surface area contributed by atoms with Crippen molar-refractivity contribution in [3.63, 3.8) is 0 Å². The number of carbonyl (C=O) groups excluding carboxylic acids is 1. The second-order valence-corrected chi connectivity index (χ2v) is 5.43. The smallest absolute Gasteiger partial charge is 0.269 e. The summed E-state index contributed by atoms with van der Waals surface area (Å²) < 4.78 is 0. The lowest BCUT2D eigenvalue weighted by atomic mass is 10.0. The fourth-order valence-corrected chi connectivity index (χ4v) is 2.58. The van der Waals surface area contributed by atoms with Gasteiger partial charge in [-0.2, -0.15) is 0 Å². The monoisotopic (exact) mass is 281 g/mol. The summed E-state index contributed by atoms with van der Waals surface area (Å²) in [5.41, 5.74) is 0.374. The first-order valence-corrected chi connectivity index (χ1v) is 7.18. The first-order chi connectivity index (χ1) is 9.16. The van der Waals surface area contributed by atoms with Crippen molar-refractivity contribution in [2.24, 2.45) is 0 Å². The Hall–Kier alpha value is -1.13. The molecule has 4 nitrogen and oxygen atoms in total. The predicted molar refractivity (Wildman–Crippen MR) is 76.5 cm³/mol. The average Bonchev–Trinajstić information content (AvgIpc) is 2.41. The number of piperidine rings is 1. The summed E-state index contributed by atoms with van der Waals surface area (Å²) in [5.74, 6) is -0.160. The van der Waals surface area contributed by atoms with Gasteiger partial charge in [-0.25, -0.2) is 0 Å². The van der Waals surface area contributed by atoms with Crippen LogP contribution in [0.1, 0.15) is 36.7 Å². The highest BCUT2D eigenvalue weighted by Crippen LogP contribution is 2.15. The Labute approximate surface area is 119 Å². The van der Waals surface area contributed by atoms with Crippen LogP contribution in [-0.4, -0.2) is 41.5 Å². The van der Waals surface area contributed by atoms with Crippen LogP contribution < -0.4 is 5.32 Å². The molecule has 1 atom stereocenters. The van der Waals surface area contributed by atoms with Crippen LogP contribution in [0.5, 0.6) is 0 Å². The van der Waals surface area contributed by atoms with E-state index in [1.54, 1.807) is 18.3 Å². The van der Waals surface area contributed by atoms with E-state index in [2.05, 4.69) is 22.1 Å². The Balaban J connectivity index is 1.77. The lowest BCUT2D eigenvalue weighted by Crippen LogP contribution is -2.42. The normalized spacial score (nSPS) is 20.2. The van der Waals surface area contributed by atoms with Crippen molar-refractivity contribution in [1.29, 1.82) is 0 Å². The van der Waals surface area contributed by atoms with E-state index in [-0.39, 0.29) is 5.91 Å². The number of halogens is 1. The molecule has 0 aliphatic carbocycles. The predicted octanol–water partition coefficient (Wildman–Crippen LogP) is 2.34. The molecule has 0 bridgehead atoms. The third kappa shape index (κ3) is 4.18. The van der Waals surface area contributed by atoms with Gasteiger partial charge >= 0.3 is 0 Å². The molecule has 104 valence electrons. The lowest BCUT2D eigenvalue weighted by molar-refractivity contribution is 0.0933. The third-order valence-corrected chi connectivity index (χ3v) is 3.81. The van der Waals surface area contributed by atoms with E-state index in [0.29, 0.717) is 23.3 Å². The Morgan fingerprint density at radius 3 is 3.16 bits per heavy atom. The molecule has 19 heavy (non-hydrogen) atoms. The van der Waals surface area contributed by atoms with Crippen molar-refractivity contribution in [3.05, 3.63) is 29.0 Å². The molecule has 2 heterocycles. The van der Waals surface area contributed by atoms with Crippen molar-refractivity contribution in [3.8, 4) is 0 Å². The van der Waals surface area contributed by atoms with Gasteiger partial charge in [0.05, 0.1) is 0 Å². The van der Waals surface area contributed by atoms with Crippen LogP contribution in [-0.2, 0) is 0 Å². The molecule has 1 N–H and O–H groups in total. The molecule has 1 amide bonds. The molecular formula is C14H20ClN3O. The molecule has 1 saturated heterocycles. The molecule has 1 aliphatic rings. The molecule has 2 rings (SSSR count). The number of nitrogens with one attached hydrogen (secondary N) is 1. The summed E-state index contributed by atoms with van der Waals surface area (Å²) in [6.07, 6.45) is 5.37. The number of hydrogen-bond donors (Lipinski definition) is 1. The van der Waals surface area contributed by atoms with Crippen molar-refractivity contribution in [2.45, 2.75) is 32.2 Å². The Morgan fingerprint density at radius 2 is 2.42 bits per heavy atom. The summed E-state index contributed by atoms with van der Waals surface area (Å²) in [6.45, 7) is 4.93. The number of pyridine rings is 1. The minimum atomic E-state index is -0.160. The zero-order valence-electron chi connectivity index (χ0n) is 11.2. The number of hydrogen-bond acceptors (Lipinski definition) is 3. The van der Waals surface area contributed by atoms with Crippen LogP contribution in [0.3, 0.4) is 0 Å². The molecule has 1 unspecified atom stereocenters. The largest absolute Gasteiger partial charge is 0.349 e. The summed E-state index contributed by atoms with van der Waals surface area (Å²) in [5, 5.41) is 3.42. The molecule has 0 saturated carbocycles. The minimum absolute atomic E-state index is 0.160. The second kappa shape index (κ2) is 6.87. The maximum Gasteiger partial charge on any atom is 0.269 e. The van der Waals surface area contributed by atoms with Crippen molar-refractivity contribution in [1.82, 2.24) is 15.2 Å². The van der Waals surface area contributed by atoms with Crippen LogP contribution in [0, 0.1) is 0 Å². The van der Waals surface area contributed by atoms with Crippen LogP contribution in [0.2, 0.25) is 5.02 Å². The Bertz CT molecular complexity index is 438. The van der Waals surface area contributed by atoms with Gasteiger partial charge in [-0.05, 0) is 38.4 Å². The highest BCUT2D eigenvalue weighted by Gasteiger charge is 2.17. The maximum absolute atomic E-state index is 11.9. The van der Waals surface area contributed by atoms with Crippen LogP contribution in [0.25, 0.3) is 0 Å². The van der Waals surface area contributed by atoms with Crippen LogP contribution >= 0.6 is 11.6 Å². The third-order valence-electron chi connectivity index (χ3n) is 3.58. The minimum Gasteiger partial charge on any atom is -0.349 e. The summed E-state index contributed by atoms with van der Waals surface area (Å²) >= 11 is 5.84. The summed E-state index contributed by atoms with van der Waals surface area (Å²) in [6, 6.07) is 3.86. The first-order valence-electron chi connectivity index (χ1n) is 6.80. The molecule has 0 radical (unpaired) electrons. The standard InChI is InChI=1S/C14H20ClN3O/c1-11-4-2-3-8-18(11)9-7-17-14(19)13-10-12(15)5-6-16-13/h5-6,10-11H,2-4,7-9H2,1H3,(H,17,19). The Kier molecular flexibility index (Phi) is 5.16. The summed E-state index contributed by atoms with van der Waals surface area (Å²) in [4.78, 5) is 18.3. The first kappa shape index (κ1) is 14.3. The Morgan fingerprint density at radius 1 is 1.58 bits per heavy atom. The zero-order chi connectivity index (χ0) is 13.7. The number of nitrogens with zero attached hydrogens (tertiary/aromatic N) is 2. The molecular weight excluding hydrogens is 262 g/mol. The fraction of sp³-hybridized carbons (Fsp3) is 0.571. The highest BCUT2D eigenvalue weighted by atomic mass is 35.5. The highest BCUT2D eigenvalue weighted by molar-refractivity contribution is 6.30. The molecule has 1 aromatic rings. The lowest BCUT2D eigenvalue weighted by Gasteiger charge is -2.33. The number of carbonyl (C=O) groups is 1. The fourth-order valence-electron chi connectivity index (χ4n) is 2.42. The van der Waals surface area contributed by atoms with Gasteiger partial charge in [-0.15, -0.1) is 0 Å². The number of aromatic nitrogens is 1. The van der Waals surface area contributed by atoms with E-state index >= 15 is 0 Å². The van der Waals surface area contributed by atoms with Crippen LogP contribution in [0.15, 0.2) is 18.3 Å². The van der Waals surface area contributed by atoms with E-state index in [1.807, 2.05) is 0 Å². The van der Waals surface area contributed by atoms with Crippen molar-refractivity contribution in [2.75, 3.05) is 19.6 Å². The van der Waals surface area contributed by atoms with E-state index in [4.69, 9.17) is 11.6 Å². The number of rotatable bonds is 4. The van der Waals surface area contributed by atoms with Gasteiger partial charge in [0, 0.05) is 30.4 Å². The van der Waals surface area contributed by atoms with Gasteiger partial charge in [0.2, 0.25) is 0 Å². The molecule has 0 aromatic carbocycles. The van der Waals surface area contributed by atoms with Gasteiger partial charge in [0.1, 0.15) is 5.69 Å².